The van der Waals surface area contributed by atoms with Gasteiger partial charge in [0.05, 0.1) is 11.4 Å². The van der Waals surface area contributed by atoms with Crippen LogP contribution >= 0.6 is 27.5 Å². The minimum Gasteiger partial charge on any atom is -0.429 e. The maximum absolute atomic E-state index is 6.19. The Labute approximate surface area is 120 Å². The molecule has 4 nitrogen and oxygen atoms in total. The van der Waals surface area contributed by atoms with E-state index in [1.54, 1.807) is 4.68 Å². The maximum Gasteiger partial charge on any atom is 0.321 e. The standard InChI is InChI=1S/C12H15BrClN3O/c1-7(2)17-12(15-11(13)16-17)18-9-5-4-8(3)10(14)6-9/h4-5,7,10H,6H2,1-3H3. The first-order valence-corrected chi connectivity index (χ1v) is 7.01. The lowest BCUT2D eigenvalue weighted by Crippen LogP contribution is -2.13. The van der Waals surface area contributed by atoms with Gasteiger partial charge < -0.3 is 4.74 Å². The highest BCUT2D eigenvalue weighted by Gasteiger charge is 2.19. The summed E-state index contributed by atoms with van der Waals surface area (Å²) in [7, 11) is 0. The Kier molecular flexibility index (Phi) is 4.12. The molecule has 1 aliphatic rings. The van der Waals surface area contributed by atoms with Crippen molar-refractivity contribution in [2.45, 2.75) is 38.6 Å². The Morgan fingerprint density at radius 1 is 1.50 bits per heavy atom. The third kappa shape index (κ3) is 2.95. The molecule has 0 bridgehead atoms. The van der Waals surface area contributed by atoms with Gasteiger partial charge in [-0.15, -0.1) is 16.7 Å². The minimum atomic E-state index is -0.0103. The van der Waals surface area contributed by atoms with E-state index in [2.05, 4.69) is 26.0 Å². The van der Waals surface area contributed by atoms with E-state index in [4.69, 9.17) is 16.3 Å². The van der Waals surface area contributed by atoms with Gasteiger partial charge in [0.2, 0.25) is 4.73 Å². The molecule has 1 atom stereocenters. The second-order valence-electron chi connectivity index (χ2n) is 4.52. The molecule has 0 saturated carbocycles. The van der Waals surface area contributed by atoms with Crippen molar-refractivity contribution in [2.24, 2.45) is 0 Å². The predicted octanol–water partition coefficient (Wildman–Crippen LogP) is 3.84. The summed E-state index contributed by atoms with van der Waals surface area (Å²) in [6.45, 7) is 6.06. The van der Waals surface area contributed by atoms with Crippen LogP contribution in [0.1, 0.15) is 33.2 Å². The molecule has 1 unspecified atom stereocenters. The summed E-state index contributed by atoms with van der Waals surface area (Å²) in [4.78, 5) is 4.21. The van der Waals surface area contributed by atoms with E-state index < -0.39 is 0 Å². The van der Waals surface area contributed by atoms with E-state index in [9.17, 15) is 0 Å². The third-order valence-electron chi connectivity index (χ3n) is 2.69. The molecular weight excluding hydrogens is 318 g/mol. The molecule has 1 aromatic heterocycles. The molecule has 18 heavy (non-hydrogen) atoms. The van der Waals surface area contributed by atoms with Crippen LogP contribution in [0.15, 0.2) is 28.2 Å². The fraction of sp³-hybridized carbons (Fsp3) is 0.500. The van der Waals surface area contributed by atoms with Crippen LogP contribution in [0.4, 0.5) is 0 Å². The highest BCUT2D eigenvalue weighted by molar-refractivity contribution is 9.10. The highest BCUT2D eigenvalue weighted by Crippen LogP contribution is 2.26. The minimum absolute atomic E-state index is 0.0103. The summed E-state index contributed by atoms with van der Waals surface area (Å²) in [5.41, 5.74) is 1.15. The van der Waals surface area contributed by atoms with Crippen molar-refractivity contribution in [3.8, 4) is 6.01 Å². The summed E-state index contributed by atoms with van der Waals surface area (Å²) >= 11 is 9.45. The lowest BCUT2D eigenvalue weighted by Gasteiger charge is -2.18. The van der Waals surface area contributed by atoms with Crippen LogP contribution in [0.3, 0.4) is 0 Å². The van der Waals surface area contributed by atoms with E-state index in [0.29, 0.717) is 17.2 Å². The molecule has 0 spiro atoms. The molecule has 1 heterocycles. The van der Waals surface area contributed by atoms with Gasteiger partial charge in [-0.05, 0) is 42.8 Å². The Bertz CT molecular complexity index is 507. The van der Waals surface area contributed by atoms with Crippen molar-refractivity contribution in [1.29, 1.82) is 0 Å². The number of hydrogen-bond donors (Lipinski definition) is 0. The van der Waals surface area contributed by atoms with Gasteiger partial charge in [-0.3, -0.25) is 0 Å². The van der Waals surface area contributed by atoms with Crippen LogP contribution in [-0.2, 0) is 0 Å². The largest absolute Gasteiger partial charge is 0.429 e. The molecule has 0 saturated heterocycles. The second kappa shape index (κ2) is 5.45. The van der Waals surface area contributed by atoms with Crippen LogP contribution in [0.5, 0.6) is 6.01 Å². The van der Waals surface area contributed by atoms with Gasteiger partial charge >= 0.3 is 6.01 Å². The summed E-state index contributed by atoms with van der Waals surface area (Å²) in [6.07, 6.45) is 4.58. The van der Waals surface area contributed by atoms with E-state index in [1.807, 2.05) is 32.9 Å². The van der Waals surface area contributed by atoms with Crippen LogP contribution in [0.2, 0.25) is 0 Å². The van der Waals surface area contributed by atoms with Crippen molar-refractivity contribution in [2.75, 3.05) is 0 Å². The van der Waals surface area contributed by atoms with E-state index in [1.165, 1.54) is 0 Å². The Balaban J connectivity index is 2.20. The number of halogens is 2. The zero-order valence-electron chi connectivity index (χ0n) is 10.5. The fourth-order valence-electron chi connectivity index (χ4n) is 1.62. The summed E-state index contributed by atoms with van der Waals surface area (Å²) in [6, 6.07) is 0.673. The van der Waals surface area contributed by atoms with Crippen molar-refractivity contribution in [3.63, 3.8) is 0 Å². The topological polar surface area (TPSA) is 39.9 Å². The molecule has 0 aromatic carbocycles. The van der Waals surface area contributed by atoms with Gasteiger partial charge in [0.25, 0.3) is 0 Å². The quantitative estimate of drug-likeness (QED) is 0.790. The van der Waals surface area contributed by atoms with Crippen LogP contribution in [0, 0.1) is 0 Å². The second-order valence-corrected chi connectivity index (χ2v) is 5.76. The van der Waals surface area contributed by atoms with Crippen molar-refractivity contribution in [1.82, 2.24) is 14.8 Å². The molecule has 1 aliphatic carbocycles. The van der Waals surface area contributed by atoms with Gasteiger partial charge in [0.1, 0.15) is 5.76 Å². The fourth-order valence-corrected chi connectivity index (χ4v) is 2.16. The monoisotopic (exact) mass is 331 g/mol. The third-order valence-corrected chi connectivity index (χ3v) is 3.53. The van der Waals surface area contributed by atoms with Crippen molar-refractivity contribution in [3.05, 3.63) is 28.2 Å². The summed E-state index contributed by atoms with van der Waals surface area (Å²) < 4.78 is 8.04. The lowest BCUT2D eigenvalue weighted by atomic mass is 10.1. The first-order chi connectivity index (χ1) is 8.47. The predicted molar refractivity (Wildman–Crippen MR) is 74.8 cm³/mol. The van der Waals surface area contributed by atoms with Gasteiger partial charge in [0.15, 0.2) is 0 Å². The SMILES string of the molecule is CC1=CC=C(Oc2nc(Br)nn2C(C)C)CC1Cl. The number of aromatic nitrogens is 3. The van der Waals surface area contributed by atoms with Gasteiger partial charge in [-0.25, -0.2) is 4.68 Å². The number of nitrogens with zero attached hydrogens (tertiary/aromatic N) is 3. The summed E-state index contributed by atoms with van der Waals surface area (Å²) in [5.74, 6) is 0.808. The van der Waals surface area contributed by atoms with E-state index in [-0.39, 0.29) is 11.4 Å². The van der Waals surface area contributed by atoms with Crippen LogP contribution in [-0.4, -0.2) is 20.1 Å². The van der Waals surface area contributed by atoms with Gasteiger partial charge in [-0.2, -0.15) is 4.98 Å². The molecule has 0 N–H and O–H groups in total. The average molecular weight is 333 g/mol. The zero-order valence-corrected chi connectivity index (χ0v) is 12.9. The molecule has 1 aromatic rings. The first-order valence-electron chi connectivity index (χ1n) is 5.78. The van der Waals surface area contributed by atoms with Crippen molar-refractivity contribution < 1.29 is 4.74 Å². The Morgan fingerprint density at radius 2 is 2.22 bits per heavy atom. The van der Waals surface area contributed by atoms with E-state index in [0.717, 1.165) is 11.3 Å². The number of hydrogen-bond acceptors (Lipinski definition) is 3. The lowest BCUT2D eigenvalue weighted by molar-refractivity contribution is 0.329. The molecule has 6 heteroatoms. The average Bonchev–Trinajstić information content (AvgIpc) is 2.65. The number of alkyl halides is 1. The molecule has 98 valence electrons. The smallest absolute Gasteiger partial charge is 0.321 e. The first kappa shape index (κ1) is 13.6. The normalized spacial score (nSPS) is 19.8. The van der Waals surface area contributed by atoms with E-state index >= 15 is 0 Å². The maximum atomic E-state index is 6.19. The zero-order chi connectivity index (χ0) is 13.3. The van der Waals surface area contributed by atoms with Gasteiger partial charge in [0, 0.05) is 6.42 Å². The molecule has 2 rings (SSSR count). The Hall–Kier alpha value is -0.810. The van der Waals surface area contributed by atoms with Crippen molar-refractivity contribution >= 4 is 27.5 Å². The molecular formula is C12H15BrClN3O. The molecule has 0 radical (unpaired) electrons. The highest BCUT2D eigenvalue weighted by atomic mass is 79.9. The Morgan fingerprint density at radius 3 is 2.83 bits per heavy atom. The van der Waals surface area contributed by atoms with Gasteiger partial charge in [-0.1, -0.05) is 11.6 Å². The molecule has 0 fully saturated rings. The molecule has 0 aliphatic heterocycles. The number of ether oxygens (including phenoxy) is 1. The number of rotatable bonds is 3. The molecule has 0 amide bonds. The van der Waals surface area contributed by atoms with Crippen LogP contribution in [0.25, 0.3) is 0 Å². The number of allylic oxidation sites excluding steroid dienone is 4. The summed E-state index contributed by atoms with van der Waals surface area (Å²) in [5, 5.41) is 4.22. The van der Waals surface area contributed by atoms with Crippen LogP contribution < -0.4 is 4.74 Å².